The summed E-state index contributed by atoms with van der Waals surface area (Å²) >= 11 is 3.34. The average Bonchev–Trinajstić information content (AvgIpc) is 3.36. The third-order valence-electron chi connectivity index (χ3n) is 6.10. The van der Waals surface area contributed by atoms with Crippen LogP contribution >= 0.6 is 15.9 Å². The third kappa shape index (κ3) is 7.97. The maximum absolute atomic E-state index is 13.8. The highest BCUT2D eigenvalue weighted by Crippen LogP contribution is 2.33. The maximum atomic E-state index is 13.8. The molecule has 0 fully saturated rings. The average molecular weight is 634 g/mol. The van der Waals surface area contributed by atoms with Gasteiger partial charge in [-0.15, -0.1) is 0 Å². The second-order valence-corrected chi connectivity index (χ2v) is 13.3. The highest BCUT2D eigenvalue weighted by molar-refractivity contribution is 9.10. The van der Waals surface area contributed by atoms with Gasteiger partial charge in [-0.3, -0.25) is 0 Å². The molecule has 0 saturated carbocycles. The molecule has 2 atom stereocenters. The fourth-order valence-corrected chi connectivity index (χ4v) is 5.90. The summed E-state index contributed by atoms with van der Waals surface area (Å²) in [6.07, 6.45) is -1.71. The summed E-state index contributed by atoms with van der Waals surface area (Å²) in [7, 11) is -4.05. The molecule has 2 N–H and O–H groups in total. The number of nitrogens with zero attached hydrogens (tertiary/aromatic N) is 1. The Morgan fingerprint density at radius 2 is 1.70 bits per heavy atom. The zero-order valence-electron chi connectivity index (χ0n) is 22.5. The van der Waals surface area contributed by atoms with Gasteiger partial charge in [-0.2, -0.15) is 4.31 Å². The van der Waals surface area contributed by atoms with Crippen LogP contribution in [0.4, 0.5) is 4.79 Å². The highest BCUT2D eigenvalue weighted by Gasteiger charge is 2.32. The van der Waals surface area contributed by atoms with Crippen molar-refractivity contribution in [3.63, 3.8) is 0 Å². The van der Waals surface area contributed by atoms with Gasteiger partial charge in [0.2, 0.25) is 16.8 Å². The summed E-state index contributed by atoms with van der Waals surface area (Å²) in [6.45, 7) is 4.99. The predicted octanol–water partition coefficient (Wildman–Crippen LogP) is 4.87. The van der Waals surface area contributed by atoms with Crippen LogP contribution in [0.1, 0.15) is 31.9 Å². The lowest BCUT2D eigenvalue weighted by Gasteiger charge is -2.30. The first kappa shape index (κ1) is 29.9. The Labute approximate surface area is 243 Å². The van der Waals surface area contributed by atoms with Gasteiger partial charge in [-0.25, -0.2) is 13.2 Å². The Kier molecular flexibility index (Phi) is 9.40. The van der Waals surface area contributed by atoms with Crippen LogP contribution in [0.25, 0.3) is 0 Å². The molecule has 1 amide bonds. The van der Waals surface area contributed by atoms with Gasteiger partial charge in [0.1, 0.15) is 5.60 Å². The molecule has 11 heteroatoms. The Balaban J connectivity index is 1.63. The first-order valence-electron chi connectivity index (χ1n) is 12.8. The lowest BCUT2D eigenvalue weighted by Crippen LogP contribution is -2.51. The smallest absolute Gasteiger partial charge is 0.407 e. The number of carbonyl (C=O) groups excluding carboxylic acids is 1. The molecule has 0 spiro atoms. The molecular weight excluding hydrogens is 600 g/mol. The second kappa shape index (κ2) is 12.6. The molecule has 0 aromatic heterocycles. The molecule has 0 saturated heterocycles. The molecule has 0 bridgehead atoms. The van der Waals surface area contributed by atoms with Crippen molar-refractivity contribution in [3.8, 4) is 11.5 Å². The van der Waals surface area contributed by atoms with Crippen LogP contribution < -0.4 is 14.8 Å². The molecule has 1 aliphatic heterocycles. The van der Waals surface area contributed by atoms with E-state index >= 15 is 0 Å². The van der Waals surface area contributed by atoms with Gasteiger partial charge in [0.05, 0.1) is 17.0 Å². The van der Waals surface area contributed by atoms with Crippen LogP contribution in [0, 0.1) is 0 Å². The van der Waals surface area contributed by atoms with Crippen LogP contribution in [0.2, 0.25) is 0 Å². The molecule has 1 aliphatic rings. The van der Waals surface area contributed by atoms with Crippen LogP contribution in [0.15, 0.2) is 82.2 Å². The number of carbonyl (C=O) groups is 1. The van der Waals surface area contributed by atoms with Gasteiger partial charge in [-0.05, 0) is 74.7 Å². The lowest BCUT2D eigenvalue weighted by molar-refractivity contribution is 0.0400. The fraction of sp³-hybridized carbons (Fsp3) is 0.345. The summed E-state index contributed by atoms with van der Waals surface area (Å²) in [6, 6.07) is 20.0. The second-order valence-electron chi connectivity index (χ2n) is 10.4. The largest absolute Gasteiger partial charge is 0.454 e. The summed E-state index contributed by atoms with van der Waals surface area (Å²) in [5, 5.41) is 14.2. The third-order valence-corrected chi connectivity index (χ3v) is 8.46. The maximum Gasteiger partial charge on any atom is 0.407 e. The molecule has 3 aromatic carbocycles. The van der Waals surface area contributed by atoms with Gasteiger partial charge < -0.3 is 24.6 Å². The Morgan fingerprint density at radius 3 is 2.38 bits per heavy atom. The molecule has 214 valence electrons. The van der Waals surface area contributed by atoms with E-state index < -0.39 is 33.9 Å². The fourth-order valence-electron chi connectivity index (χ4n) is 4.19. The van der Waals surface area contributed by atoms with Gasteiger partial charge in [0.25, 0.3) is 0 Å². The van der Waals surface area contributed by atoms with Crippen LogP contribution in [0.5, 0.6) is 11.5 Å². The topological polar surface area (TPSA) is 114 Å². The van der Waals surface area contributed by atoms with E-state index in [0.29, 0.717) is 17.1 Å². The summed E-state index contributed by atoms with van der Waals surface area (Å²) in [5.41, 5.74) is 0.764. The van der Waals surface area contributed by atoms with Gasteiger partial charge in [-0.1, -0.05) is 52.3 Å². The predicted molar refractivity (Wildman–Crippen MR) is 154 cm³/mol. The quantitative estimate of drug-likeness (QED) is 0.328. The van der Waals surface area contributed by atoms with E-state index in [2.05, 4.69) is 21.2 Å². The molecule has 3 aromatic rings. The molecule has 4 rings (SSSR count). The van der Waals surface area contributed by atoms with Gasteiger partial charge in [0.15, 0.2) is 11.5 Å². The van der Waals surface area contributed by atoms with Crippen molar-refractivity contribution in [1.29, 1.82) is 0 Å². The van der Waals surface area contributed by atoms with Gasteiger partial charge >= 0.3 is 6.09 Å². The number of alkyl carbamates (subject to hydrolysis) is 1. The van der Waals surface area contributed by atoms with E-state index in [1.165, 1.54) is 16.4 Å². The number of amides is 1. The number of benzene rings is 3. The van der Waals surface area contributed by atoms with E-state index in [1.54, 1.807) is 51.1 Å². The summed E-state index contributed by atoms with van der Waals surface area (Å²) in [4.78, 5) is 12.8. The molecule has 0 radical (unpaired) electrons. The molecule has 9 nitrogen and oxygen atoms in total. The number of sulfonamides is 1. The normalized spacial score (nSPS) is 14.6. The summed E-state index contributed by atoms with van der Waals surface area (Å²) < 4.78 is 45.9. The Hall–Kier alpha value is -3.12. The number of halogens is 1. The SMILES string of the molecule is CC(C)(C)OC(=O)N[C@@H](Cc1ccccc1)[C@H](O)CN(Cc1ccc2c(c1)OCO2)S(=O)(=O)c1ccc(Br)cc1. The van der Waals surface area contributed by atoms with E-state index in [1.807, 2.05) is 30.3 Å². The molecule has 1 heterocycles. The minimum atomic E-state index is -4.05. The van der Waals surface area contributed by atoms with Crippen LogP contribution in [-0.4, -0.2) is 55.0 Å². The monoisotopic (exact) mass is 632 g/mol. The van der Waals surface area contributed by atoms with Crippen LogP contribution in [-0.2, 0) is 27.7 Å². The van der Waals surface area contributed by atoms with Crippen molar-refractivity contribution in [2.75, 3.05) is 13.3 Å². The Morgan fingerprint density at radius 1 is 1.02 bits per heavy atom. The molecule has 40 heavy (non-hydrogen) atoms. The van der Waals surface area contributed by atoms with Crippen molar-refractivity contribution >= 4 is 32.0 Å². The van der Waals surface area contributed by atoms with Crippen molar-refractivity contribution in [1.82, 2.24) is 9.62 Å². The van der Waals surface area contributed by atoms with E-state index in [4.69, 9.17) is 14.2 Å². The number of fused-ring (bicyclic) bond motifs is 1. The first-order chi connectivity index (χ1) is 18.9. The molecule has 0 aliphatic carbocycles. The number of aliphatic hydroxyl groups excluding tert-OH is 1. The first-order valence-corrected chi connectivity index (χ1v) is 15.0. The van der Waals surface area contributed by atoms with E-state index in [-0.39, 0.29) is 31.2 Å². The highest BCUT2D eigenvalue weighted by atomic mass is 79.9. The van der Waals surface area contributed by atoms with Gasteiger partial charge in [0, 0.05) is 17.6 Å². The van der Waals surface area contributed by atoms with Crippen molar-refractivity contribution < 1.29 is 32.5 Å². The number of hydrogen-bond acceptors (Lipinski definition) is 7. The van der Waals surface area contributed by atoms with Crippen LogP contribution in [0.3, 0.4) is 0 Å². The zero-order chi connectivity index (χ0) is 28.9. The summed E-state index contributed by atoms with van der Waals surface area (Å²) in [5.74, 6) is 1.10. The minimum absolute atomic E-state index is 0.0450. The van der Waals surface area contributed by atoms with E-state index in [0.717, 1.165) is 10.0 Å². The lowest BCUT2D eigenvalue weighted by atomic mass is 10.0. The minimum Gasteiger partial charge on any atom is -0.454 e. The number of nitrogens with one attached hydrogen (secondary N) is 1. The van der Waals surface area contributed by atoms with Crippen molar-refractivity contribution in [2.24, 2.45) is 0 Å². The number of rotatable bonds is 10. The molecular formula is C29H33BrN2O7S. The van der Waals surface area contributed by atoms with E-state index in [9.17, 15) is 18.3 Å². The number of ether oxygens (including phenoxy) is 3. The Bertz CT molecular complexity index is 1410. The van der Waals surface area contributed by atoms with Crippen molar-refractivity contribution in [2.45, 2.75) is 56.4 Å². The molecule has 0 unspecified atom stereocenters. The number of hydrogen-bond donors (Lipinski definition) is 2. The zero-order valence-corrected chi connectivity index (χ0v) is 24.9. The standard InChI is InChI=1S/C29H33BrN2O7S/c1-29(2,3)39-28(34)31-24(15-20-7-5-4-6-8-20)25(33)18-32(40(35,36)23-12-10-22(30)11-13-23)17-21-9-14-26-27(16-21)38-19-37-26/h4-14,16,24-25,33H,15,17-19H2,1-3H3,(H,31,34)/t24-,25+/m0/s1. The number of aliphatic hydroxyl groups is 1. The van der Waals surface area contributed by atoms with Crippen molar-refractivity contribution in [3.05, 3.63) is 88.4 Å².